The van der Waals surface area contributed by atoms with Gasteiger partial charge in [0.25, 0.3) is 11.7 Å². The van der Waals surface area contributed by atoms with Gasteiger partial charge in [0.15, 0.2) is 17.4 Å². The van der Waals surface area contributed by atoms with Gasteiger partial charge < -0.3 is 14.7 Å². The molecule has 9 heteroatoms. The van der Waals surface area contributed by atoms with E-state index in [4.69, 9.17) is 10.2 Å². The van der Waals surface area contributed by atoms with Crippen LogP contribution in [0.5, 0.6) is 5.75 Å². The summed E-state index contributed by atoms with van der Waals surface area (Å²) < 4.78 is 43.5. The Morgan fingerprint density at radius 2 is 1.94 bits per heavy atom. The van der Waals surface area contributed by atoms with E-state index in [1.54, 1.807) is 0 Å². The number of hydrogen-bond donors (Lipinski definition) is 2. The molecule has 2 aromatic rings. The van der Waals surface area contributed by atoms with E-state index in [-0.39, 0.29) is 0 Å². The minimum absolute atomic E-state index is 0.365. The van der Waals surface area contributed by atoms with Gasteiger partial charge in [-0.05, 0) is 11.2 Å². The second kappa shape index (κ2) is 4.02. The highest BCUT2D eigenvalue weighted by atomic mass is 19.2. The van der Waals surface area contributed by atoms with Gasteiger partial charge in [-0.15, -0.1) is 0 Å². The van der Waals surface area contributed by atoms with Crippen LogP contribution in [-0.4, -0.2) is 26.3 Å². The van der Waals surface area contributed by atoms with Gasteiger partial charge in [-0.2, -0.15) is 9.37 Å². The van der Waals surface area contributed by atoms with Crippen molar-refractivity contribution in [1.82, 2.24) is 10.1 Å². The Morgan fingerprint density at radius 3 is 2.50 bits per heavy atom. The molecule has 6 nitrogen and oxygen atoms in total. The Morgan fingerprint density at radius 1 is 1.28 bits per heavy atom. The maximum absolute atomic E-state index is 13.4. The number of aromatic carboxylic acids is 1. The number of rotatable bonds is 2. The lowest BCUT2D eigenvalue weighted by Gasteiger charge is -2.02. The molecular formula is C9H3F3N2O4. The Kier molecular flexibility index (Phi) is 2.66. The Labute approximate surface area is 96.3 Å². The number of phenols is 1. The molecule has 0 radical (unpaired) electrons. The molecule has 0 aliphatic rings. The summed E-state index contributed by atoms with van der Waals surface area (Å²) in [5.74, 6) is -9.42. The summed E-state index contributed by atoms with van der Waals surface area (Å²) >= 11 is 0. The number of benzene rings is 1. The van der Waals surface area contributed by atoms with E-state index in [2.05, 4.69) is 14.7 Å². The van der Waals surface area contributed by atoms with Gasteiger partial charge >= 0.3 is 5.97 Å². The van der Waals surface area contributed by atoms with Crippen molar-refractivity contribution in [2.24, 2.45) is 0 Å². The van der Waals surface area contributed by atoms with E-state index in [0.29, 0.717) is 6.07 Å². The lowest BCUT2D eigenvalue weighted by Crippen LogP contribution is -1.99. The smallest absolute Gasteiger partial charge is 0.377 e. The number of carboxylic acid groups (broad SMARTS) is 1. The van der Waals surface area contributed by atoms with Crippen LogP contribution in [0.3, 0.4) is 0 Å². The normalized spacial score (nSPS) is 10.6. The first-order chi connectivity index (χ1) is 8.41. The third kappa shape index (κ3) is 1.75. The van der Waals surface area contributed by atoms with Gasteiger partial charge in [0.2, 0.25) is 5.82 Å². The monoisotopic (exact) mass is 260 g/mol. The van der Waals surface area contributed by atoms with E-state index in [1.165, 1.54) is 0 Å². The number of hydrogen-bond acceptors (Lipinski definition) is 5. The molecule has 0 saturated heterocycles. The second-order valence-electron chi connectivity index (χ2n) is 3.11. The first-order valence-corrected chi connectivity index (χ1v) is 4.35. The van der Waals surface area contributed by atoms with Crippen LogP contribution in [0.2, 0.25) is 0 Å². The lowest BCUT2D eigenvalue weighted by atomic mass is 10.2. The Hall–Kier alpha value is -2.58. The highest BCUT2D eigenvalue weighted by molar-refractivity contribution is 5.83. The quantitative estimate of drug-likeness (QED) is 0.795. The third-order valence-corrected chi connectivity index (χ3v) is 1.98. The molecule has 0 aliphatic heterocycles. The van der Waals surface area contributed by atoms with Crippen molar-refractivity contribution in [3.8, 4) is 17.2 Å². The molecule has 94 valence electrons. The lowest BCUT2D eigenvalue weighted by molar-refractivity contribution is 0.0680. The number of halogens is 3. The predicted molar refractivity (Wildman–Crippen MR) is 48.2 cm³/mol. The molecule has 0 amide bonds. The molecule has 1 heterocycles. The number of carboxylic acids is 1. The van der Waals surface area contributed by atoms with E-state index in [1.807, 2.05) is 0 Å². The van der Waals surface area contributed by atoms with E-state index in [0.717, 1.165) is 0 Å². The maximum atomic E-state index is 13.4. The van der Waals surface area contributed by atoms with Crippen LogP contribution in [0.15, 0.2) is 10.6 Å². The topological polar surface area (TPSA) is 96.5 Å². The highest BCUT2D eigenvalue weighted by Crippen LogP contribution is 2.31. The zero-order valence-corrected chi connectivity index (χ0v) is 8.32. The van der Waals surface area contributed by atoms with E-state index in [9.17, 15) is 18.0 Å². The fourth-order valence-corrected chi connectivity index (χ4v) is 1.17. The minimum Gasteiger partial charge on any atom is -0.503 e. The molecule has 0 atom stereocenters. The summed E-state index contributed by atoms with van der Waals surface area (Å²) in [6, 6.07) is 0.365. The largest absolute Gasteiger partial charge is 0.503 e. The summed E-state index contributed by atoms with van der Waals surface area (Å²) in [5, 5.41) is 20.4. The minimum atomic E-state index is -1.77. The number of carbonyl (C=O) groups is 1. The van der Waals surface area contributed by atoms with Gasteiger partial charge in [0, 0.05) is 0 Å². The molecule has 0 bridgehead atoms. The van der Waals surface area contributed by atoms with Gasteiger partial charge in [-0.3, -0.25) is 0 Å². The summed E-state index contributed by atoms with van der Waals surface area (Å²) in [4.78, 5) is 13.7. The number of aromatic nitrogens is 2. The summed E-state index contributed by atoms with van der Waals surface area (Å²) in [6.45, 7) is 0. The molecule has 0 aliphatic carbocycles. The molecule has 1 aromatic heterocycles. The van der Waals surface area contributed by atoms with Crippen LogP contribution >= 0.6 is 0 Å². The number of phenolic OH excluding ortho intramolecular Hbond substituents is 1. The van der Waals surface area contributed by atoms with Gasteiger partial charge in [0.1, 0.15) is 0 Å². The molecule has 0 saturated carbocycles. The van der Waals surface area contributed by atoms with E-state index >= 15 is 0 Å². The van der Waals surface area contributed by atoms with Gasteiger partial charge in [-0.1, -0.05) is 0 Å². The van der Waals surface area contributed by atoms with Gasteiger partial charge in [-0.25, -0.2) is 13.6 Å². The Bertz CT molecular complexity index is 641. The molecule has 0 fully saturated rings. The molecule has 2 rings (SSSR count). The second-order valence-corrected chi connectivity index (χ2v) is 3.11. The number of nitrogens with zero attached hydrogens (tertiary/aromatic N) is 2. The zero-order chi connectivity index (χ0) is 13.4. The van der Waals surface area contributed by atoms with Crippen molar-refractivity contribution in [2.75, 3.05) is 0 Å². The standard InChI is InChI=1S/C9H3F3N2O4/c10-3-1-2(4(11)6(15)5(3)12)8-13-7(9(16)17)14-18-8/h1,15H,(H,16,17). The van der Waals surface area contributed by atoms with Crippen molar-refractivity contribution >= 4 is 5.97 Å². The van der Waals surface area contributed by atoms with Crippen LogP contribution < -0.4 is 0 Å². The Balaban J connectivity index is 2.60. The molecule has 0 unspecified atom stereocenters. The third-order valence-electron chi connectivity index (χ3n) is 1.98. The van der Waals surface area contributed by atoms with Crippen molar-refractivity contribution < 1.29 is 32.7 Å². The van der Waals surface area contributed by atoms with E-state index < -0.39 is 46.4 Å². The summed E-state index contributed by atoms with van der Waals surface area (Å²) in [5.41, 5.74) is -0.744. The summed E-state index contributed by atoms with van der Waals surface area (Å²) in [7, 11) is 0. The molecule has 0 spiro atoms. The van der Waals surface area contributed by atoms with Crippen LogP contribution in [0, 0.1) is 17.5 Å². The molecule has 18 heavy (non-hydrogen) atoms. The molecule has 1 aromatic carbocycles. The maximum Gasteiger partial charge on any atom is 0.377 e. The molecular weight excluding hydrogens is 257 g/mol. The first kappa shape index (κ1) is 11.9. The number of aromatic hydroxyl groups is 1. The van der Waals surface area contributed by atoms with Crippen molar-refractivity contribution in [3.63, 3.8) is 0 Å². The zero-order valence-electron chi connectivity index (χ0n) is 8.32. The fourth-order valence-electron chi connectivity index (χ4n) is 1.17. The van der Waals surface area contributed by atoms with Crippen LogP contribution in [0.4, 0.5) is 13.2 Å². The molecule has 2 N–H and O–H groups in total. The van der Waals surface area contributed by atoms with Crippen molar-refractivity contribution in [1.29, 1.82) is 0 Å². The fraction of sp³-hybridized carbons (Fsp3) is 0. The van der Waals surface area contributed by atoms with Crippen molar-refractivity contribution in [3.05, 3.63) is 29.3 Å². The average Bonchev–Trinajstić information content (AvgIpc) is 2.80. The first-order valence-electron chi connectivity index (χ1n) is 4.35. The predicted octanol–water partition coefficient (Wildman–Crippen LogP) is 1.56. The highest BCUT2D eigenvalue weighted by Gasteiger charge is 2.23. The van der Waals surface area contributed by atoms with Crippen LogP contribution in [0.1, 0.15) is 10.6 Å². The van der Waals surface area contributed by atoms with Gasteiger partial charge in [0.05, 0.1) is 5.56 Å². The van der Waals surface area contributed by atoms with Crippen LogP contribution in [-0.2, 0) is 0 Å². The SMILES string of the molecule is O=C(O)c1noc(-c2cc(F)c(F)c(O)c2F)n1. The summed E-state index contributed by atoms with van der Waals surface area (Å²) in [6.07, 6.45) is 0. The average molecular weight is 260 g/mol. The van der Waals surface area contributed by atoms with Crippen LogP contribution in [0.25, 0.3) is 11.5 Å². The van der Waals surface area contributed by atoms with Crippen molar-refractivity contribution in [2.45, 2.75) is 0 Å².